The maximum absolute atomic E-state index is 12.9. The lowest BCUT2D eigenvalue weighted by Gasteiger charge is -2.32. The minimum atomic E-state index is -0.654. The van der Waals surface area contributed by atoms with Gasteiger partial charge in [0.15, 0.2) is 0 Å². The summed E-state index contributed by atoms with van der Waals surface area (Å²) < 4.78 is 4.86. The highest BCUT2D eigenvalue weighted by Gasteiger charge is 2.26. The highest BCUT2D eigenvalue weighted by Crippen LogP contribution is 2.38. The lowest BCUT2D eigenvalue weighted by molar-refractivity contribution is -0.132. The molecule has 0 radical (unpaired) electrons. The van der Waals surface area contributed by atoms with E-state index in [0.29, 0.717) is 13.1 Å². The van der Waals surface area contributed by atoms with Crippen LogP contribution in [-0.2, 0) is 9.53 Å². The lowest BCUT2D eigenvalue weighted by atomic mass is 9.82. The number of hydrogen-bond donors (Lipinski definition) is 2. The molecule has 2 aliphatic rings. The second kappa shape index (κ2) is 12.4. The van der Waals surface area contributed by atoms with Gasteiger partial charge in [-0.1, -0.05) is 60.2 Å². The standard InChI is InChI=1S/C28H36N2O4/c1-4-21-11-7-9-13-25(21)27(24-12-8-6-10-20(24)3)22-14-16-30(17-15-22)26(32)18-23(19-31)29-28(33)34-5-2/h4,7-9,11-13,23,31H,1,5-6,10,14-19H2,2-3H3,(H,29,33)/t23-/m1/s1. The molecule has 0 spiro atoms. The van der Waals surface area contributed by atoms with Crippen LogP contribution >= 0.6 is 0 Å². The van der Waals surface area contributed by atoms with Crippen LogP contribution in [0.15, 0.2) is 59.7 Å². The van der Waals surface area contributed by atoms with Gasteiger partial charge in [-0.05, 0) is 61.8 Å². The fraction of sp³-hybridized carbons (Fsp3) is 0.429. The number of piperidine rings is 1. The first-order valence-electron chi connectivity index (χ1n) is 12.1. The van der Waals surface area contributed by atoms with Gasteiger partial charge in [0.05, 0.1) is 19.3 Å². The van der Waals surface area contributed by atoms with Crippen LogP contribution in [0, 0.1) is 0 Å². The van der Waals surface area contributed by atoms with Crippen molar-refractivity contribution in [2.24, 2.45) is 0 Å². The van der Waals surface area contributed by atoms with Crippen molar-refractivity contribution in [2.75, 3.05) is 26.3 Å². The van der Waals surface area contributed by atoms with Gasteiger partial charge in [0.1, 0.15) is 0 Å². The van der Waals surface area contributed by atoms with E-state index in [2.05, 4.69) is 49.2 Å². The number of allylic oxidation sites excluding steroid dienone is 5. The Bertz CT molecular complexity index is 995. The zero-order chi connectivity index (χ0) is 24.5. The van der Waals surface area contributed by atoms with Crippen molar-refractivity contribution >= 4 is 23.6 Å². The summed E-state index contributed by atoms with van der Waals surface area (Å²) in [5.41, 5.74) is 7.59. The maximum atomic E-state index is 12.9. The molecular formula is C28H36N2O4. The highest BCUT2D eigenvalue weighted by molar-refractivity contribution is 5.89. The molecule has 1 aromatic rings. The van der Waals surface area contributed by atoms with Crippen LogP contribution in [0.4, 0.5) is 4.79 Å². The van der Waals surface area contributed by atoms with E-state index in [1.807, 2.05) is 17.0 Å². The molecule has 1 aliphatic carbocycles. The molecule has 6 heteroatoms. The molecule has 6 nitrogen and oxygen atoms in total. The van der Waals surface area contributed by atoms with E-state index in [1.165, 1.54) is 27.9 Å². The van der Waals surface area contributed by atoms with Crippen molar-refractivity contribution in [3.63, 3.8) is 0 Å². The van der Waals surface area contributed by atoms with Gasteiger partial charge in [-0.2, -0.15) is 0 Å². The number of carbonyl (C=O) groups excluding carboxylic acids is 2. The van der Waals surface area contributed by atoms with Crippen molar-refractivity contribution in [2.45, 2.75) is 52.0 Å². The van der Waals surface area contributed by atoms with E-state index in [4.69, 9.17) is 4.74 Å². The summed E-state index contributed by atoms with van der Waals surface area (Å²) in [4.78, 5) is 26.4. The van der Waals surface area contributed by atoms with E-state index < -0.39 is 12.1 Å². The van der Waals surface area contributed by atoms with E-state index >= 15 is 0 Å². The second-order valence-electron chi connectivity index (χ2n) is 8.73. The van der Waals surface area contributed by atoms with Gasteiger partial charge in [0.25, 0.3) is 0 Å². The van der Waals surface area contributed by atoms with Crippen LogP contribution < -0.4 is 5.32 Å². The molecular weight excluding hydrogens is 428 g/mol. The van der Waals surface area contributed by atoms with E-state index in [9.17, 15) is 14.7 Å². The van der Waals surface area contributed by atoms with Gasteiger partial charge in [-0.3, -0.25) is 4.79 Å². The predicted molar refractivity (Wildman–Crippen MR) is 136 cm³/mol. The number of likely N-dealkylation sites (tertiary alicyclic amines) is 1. The summed E-state index contributed by atoms with van der Waals surface area (Å²) >= 11 is 0. The van der Waals surface area contributed by atoms with Crippen molar-refractivity contribution in [1.82, 2.24) is 10.2 Å². The average Bonchev–Trinajstić information content (AvgIpc) is 2.85. The summed E-state index contributed by atoms with van der Waals surface area (Å²) in [5.74, 6) is -0.0732. The van der Waals surface area contributed by atoms with E-state index in [-0.39, 0.29) is 25.5 Å². The Labute approximate surface area is 202 Å². The lowest BCUT2D eigenvalue weighted by Crippen LogP contribution is -2.44. The summed E-state index contributed by atoms with van der Waals surface area (Å²) in [7, 11) is 0. The Kier molecular flexibility index (Phi) is 9.28. The molecule has 2 amide bonds. The Morgan fingerprint density at radius 2 is 1.97 bits per heavy atom. The monoisotopic (exact) mass is 464 g/mol. The first kappa shape index (κ1) is 25.5. The van der Waals surface area contributed by atoms with Crippen LogP contribution in [0.2, 0.25) is 0 Å². The van der Waals surface area contributed by atoms with Gasteiger partial charge in [0, 0.05) is 19.5 Å². The molecule has 1 aromatic carbocycles. The molecule has 1 fully saturated rings. The molecule has 182 valence electrons. The normalized spacial score (nSPS) is 16.8. The molecule has 3 rings (SSSR count). The van der Waals surface area contributed by atoms with Crippen molar-refractivity contribution < 1.29 is 19.4 Å². The smallest absolute Gasteiger partial charge is 0.407 e. The van der Waals surface area contributed by atoms with Crippen molar-refractivity contribution in [3.8, 4) is 0 Å². The van der Waals surface area contributed by atoms with E-state index in [0.717, 1.165) is 31.2 Å². The molecule has 34 heavy (non-hydrogen) atoms. The van der Waals surface area contributed by atoms with Crippen LogP contribution in [-0.4, -0.2) is 54.4 Å². The third kappa shape index (κ3) is 6.26. The molecule has 0 unspecified atom stereocenters. The summed E-state index contributed by atoms with van der Waals surface area (Å²) in [5, 5.41) is 12.1. The number of aliphatic hydroxyl groups excluding tert-OH is 1. The largest absolute Gasteiger partial charge is 0.450 e. The van der Waals surface area contributed by atoms with Crippen LogP contribution in [0.1, 0.15) is 57.1 Å². The van der Waals surface area contributed by atoms with Gasteiger partial charge >= 0.3 is 6.09 Å². The molecule has 0 bridgehead atoms. The number of nitrogens with one attached hydrogen (secondary N) is 1. The first-order chi connectivity index (χ1) is 16.5. The summed E-state index contributed by atoms with van der Waals surface area (Å²) in [6, 6.07) is 7.69. The molecule has 0 aromatic heterocycles. The number of amides is 2. The number of ether oxygens (including phenoxy) is 1. The Morgan fingerprint density at radius 1 is 1.24 bits per heavy atom. The molecule has 1 saturated heterocycles. The Hall–Kier alpha value is -3.12. The molecule has 1 atom stereocenters. The second-order valence-corrected chi connectivity index (χ2v) is 8.73. The highest BCUT2D eigenvalue weighted by atomic mass is 16.5. The van der Waals surface area contributed by atoms with Gasteiger partial charge < -0.3 is 20.1 Å². The predicted octanol–water partition coefficient (Wildman–Crippen LogP) is 4.87. The van der Waals surface area contributed by atoms with Gasteiger partial charge in [-0.25, -0.2) is 4.79 Å². The SMILES string of the molecule is C=Cc1ccccc1C(=C1CCN(C(=O)C[C@H](CO)NC(=O)OCC)CC1)C1=C(C)CCC=C1. The summed E-state index contributed by atoms with van der Waals surface area (Å²) in [6.07, 6.45) is 9.51. The van der Waals surface area contributed by atoms with E-state index in [1.54, 1.807) is 6.92 Å². The Balaban J connectivity index is 1.80. The molecule has 1 aliphatic heterocycles. The maximum Gasteiger partial charge on any atom is 0.407 e. The molecule has 2 N–H and O–H groups in total. The number of nitrogens with zero attached hydrogens (tertiary/aromatic N) is 1. The zero-order valence-electron chi connectivity index (χ0n) is 20.3. The number of benzene rings is 1. The number of hydrogen-bond acceptors (Lipinski definition) is 4. The minimum absolute atomic E-state index is 0.0491. The summed E-state index contributed by atoms with van der Waals surface area (Å²) in [6.45, 7) is 9.08. The fourth-order valence-corrected chi connectivity index (χ4v) is 4.62. The third-order valence-corrected chi connectivity index (χ3v) is 6.46. The minimum Gasteiger partial charge on any atom is -0.450 e. The quantitative estimate of drug-likeness (QED) is 0.575. The molecule has 1 heterocycles. The van der Waals surface area contributed by atoms with Crippen LogP contribution in [0.5, 0.6) is 0 Å². The van der Waals surface area contributed by atoms with Crippen molar-refractivity contribution in [1.29, 1.82) is 0 Å². The van der Waals surface area contributed by atoms with Crippen LogP contribution in [0.3, 0.4) is 0 Å². The third-order valence-electron chi connectivity index (χ3n) is 6.46. The number of alkyl carbamates (subject to hydrolysis) is 1. The number of carbonyl (C=O) groups is 2. The number of rotatable bonds is 8. The topological polar surface area (TPSA) is 78.9 Å². The molecule has 0 saturated carbocycles. The van der Waals surface area contributed by atoms with Crippen LogP contribution in [0.25, 0.3) is 11.6 Å². The van der Waals surface area contributed by atoms with Gasteiger partial charge in [0.2, 0.25) is 5.91 Å². The number of aliphatic hydroxyl groups is 1. The first-order valence-corrected chi connectivity index (χ1v) is 12.1. The Morgan fingerprint density at radius 3 is 2.62 bits per heavy atom. The van der Waals surface area contributed by atoms with Gasteiger partial charge in [-0.15, -0.1) is 0 Å². The van der Waals surface area contributed by atoms with Crippen molar-refractivity contribution in [3.05, 3.63) is 70.8 Å². The zero-order valence-corrected chi connectivity index (χ0v) is 20.3. The average molecular weight is 465 g/mol. The fourth-order valence-electron chi connectivity index (χ4n) is 4.62.